The highest BCUT2D eigenvalue weighted by Crippen LogP contribution is 2.14. The number of carbonyl (C=O) groups is 1. The lowest BCUT2D eigenvalue weighted by atomic mass is 10.1. The number of rotatable bonds is 5. The molecule has 0 unspecified atom stereocenters. The van der Waals surface area contributed by atoms with E-state index in [9.17, 15) is 9.59 Å². The Morgan fingerprint density at radius 2 is 2.05 bits per heavy atom. The van der Waals surface area contributed by atoms with Gasteiger partial charge in [0.2, 0.25) is 0 Å². The number of oxime groups is 1. The van der Waals surface area contributed by atoms with E-state index in [4.69, 9.17) is 0 Å². The van der Waals surface area contributed by atoms with Crippen LogP contribution < -0.4 is 5.56 Å². The number of H-pyrrole nitrogens is 1. The van der Waals surface area contributed by atoms with Gasteiger partial charge in [-0.1, -0.05) is 35.5 Å². The maximum Gasteiger partial charge on any atom is 0.345 e. The Balaban J connectivity index is 2.54. The second kappa shape index (κ2) is 7.16. The highest BCUT2D eigenvalue weighted by Gasteiger charge is 2.19. The number of nitrogens with one attached hydrogen (secondary N) is 1. The van der Waals surface area contributed by atoms with Crippen LogP contribution in [0.1, 0.15) is 16.1 Å². The first kappa shape index (κ1) is 15.4. The Hall–Kier alpha value is -2.96. The van der Waals surface area contributed by atoms with Gasteiger partial charge in [0.05, 0.1) is 12.8 Å². The summed E-state index contributed by atoms with van der Waals surface area (Å²) >= 11 is 0. The topological polar surface area (TPSA) is 93.6 Å². The molecular weight excluding hydrogens is 286 g/mol. The molecule has 7 heteroatoms. The van der Waals surface area contributed by atoms with Crippen molar-refractivity contribution in [3.63, 3.8) is 0 Å². The van der Waals surface area contributed by atoms with Crippen molar-refractivity contribution < 1.29 is 14.4 Å². The molecule has 1 N–H and O–H groups in total. The zero-order chi connectivity index (χ0) is 15.9. The Kier molecular flexibility index (Phi) is 5.02. The van der Waals surface area contributed by atoms with Gasteiger partial charge in [-0.25, -0.2) is 9.78 Å². The number of methoxy groups -OCH3 is 1. The van der Waals surface area contributed by atoms with Gasteiger partial charge in [0.25, 0.3) is 5.56 Å². The maximum atomic E-state index is 12.2. The van der Waals surface area contributed by atoms with Crippen LogP contribution in [0.4, 0.5) is 0 Å². The number of aromatic amines is 1. The second-order valence-corrected chi connectivity index (χ2v) is 4.27. The molecule has 0 aliphatic carbocycles. The largest absolute Gasteiger partial charge is 0.465 e. The Bertz CT molecular complexity index is 738. The summed E-state index contributed by atoms with van der Waals surface area (Å²) in [6, 6.07) is 9.13. The van der Waals surface area contributed by atoms with Gasteiger partial charge in [-0.05, 0) is 0 Å². The van der Waals surface area contributed by atoms with E-state index >= 15 is 0 Å². The molecule has 0 atom stereocenters. The number of hydrogen-bond acceptors (Lipinski definition) is 6. The van der Waals surface area contributed by atoms with E-state index in [0.29, 0.717) is 5.82 Å². The van der Waals surface area contributed by atoms with Crippen molar-refractivity contribution in [3.8, 4) is 11.4 Å². The molecule has 0 saturated heterocycles. The third-order valence-electron chi connectivity index (χ3n) is 2.90. The molecule has 114 valence electrons. The van der Waals surface area contributed by atoms with Crippen LogP contribution in [0.15, 0.2) is 40.3 Å². The van der Waals surface area contributed by atoms with E-state index in [-0.39, 0.29) is 17.7 Å². The molecule has 22 heavy (non-hydrogen) atoms. The number of esters is 1. The quantitative estimate of drug-likeness (QED) is 0.512. The predicted octanol–water partition coefficient (Wildman–Crippen LogP) is 1.40. The van der Waals surface area contributed by atoms with Crippen molar-refractivity contribution in [1.29, 1.82) is 0 Å². The van der Waals surface area contributed by atoms with Gasteiger partial charge in [-0.2, -0.15) is 0 Å². The zero-order valence-corrected chi connectivity index (χ0v) is 12.2. The molecule has 0 aliphatic rings. The highest BCUT2D eigenvalue weighted by atomic mass is 16.6. The van der Waals surface area contributed by atoms with Gasteiger partial charge < -0.3 is 14.6 Å². The molecule has 1 aromatic carbocycles. The summed E-state index contributed by atoms with van der Waals surface area (Å²) in [7, 11) is 2.61. The van der Waals surface area contributed by atoms with E-state index in [1.165, 1.54) is 20.4 Å². The van der Waals surface area contributed by atoms with Crippen LogP contribution >= 0.6 is 0 Å². The van der Waals surface area contributed by atoms with Gasteiger partial charge in [0.15, 0.2) is 0 Å². The molecule has 0 bridgehead atoms. The van der Waals surface area contributed by atoms with Crippen LogP contribution in [0, 0.1) is 0 Å². The first-order chi connectivity index (χ1) is 10.7. The van der Waals surface area contributed by atoms with Crippen molar-refractivity contribution in [1.82, 2.24) is 9.97 Å². The number of benzene rings is 1. The molecule has 2 aromatic rings. The van der Waals surface area contributed by atoms with Gasteiger partial charge >= 0.3 is 5.97 Å². The Morgan fingerprint density at radius 3 is 2.68 bits per heavy atom. The van der Waals surface area contributed by atoms with E-state index in [0.717, 1.165) is 5.56 Å². The van der Waals surface area contributed by atoms with Crippen molar-refractivity contribution in [2.75, 3.05) is 14.2 Å². The minimum atomic E-state index is -0.742. The van der Waals surface area contributed by atoms with E-state index < -0.39 is 11.5 Å². The Labute approximate surface area is 126 Å². The average Bonchev–Trinajstić information content (AvgIpc) is 2.55. The molecule has 2 rings (SSSR count). The number of ether oxygens (including phenoxy) is 1. The number of nitrogens with zero attached hydrogens (tertiary/aromatic N) is 2. The fourth-order valence-electron chi connectivity index (χ4n) is 1.91. The number of aromatic nitrogens is 2. The molecule has 7 nitrogen and oxygen atoms in total. The van der Waals surface area contributed by atoms with E-state index in [1.54, 1.807) is 0 Å². The van der Waals surface area contributed by atoms with Crippen LogP contribution in [-0.2, 0) is 16.0 Å². The summed E-state index contributed by atoms with van der Waals surface area (Å²) in [5.74, 6) is -0.367. The third kappa shape index (κ3) is 3.38. The van der Waals surface area contributed by atoms with Crippen LogP contribution in [0.3, 0.4) is 0 Å². The number of carbonyl (C=O) groups excluding carboxylic acids is 1. The van der Waals surface area contributed by atoms with Crippen LogP contribution in [0.2, 0.25) is 0 Å². The van der Waals surface area contributed by atoms with Gasteiger partial charge in [-0.15, -0.1) is 0 Å². The molecule has 1 aromatic heterocycles. The maximum absolute atomic E-state index is 12.2. The van der Waals surface area contributed by atoms with E-state index in [1.807, 2.05) is 30.3 Å². The normalized spacial score (nSPS) is 10.6. The summed E-state index contributed by atoms with van der Waals surface area (Å²) in [5.41, 5.74) is 0.322. The monoisotopic (exact) mass is 301 g/mol. The summed E-state index contributed by atoms with van der Waals surface area (Å²) in [5, 5.41) is 3.60. The Morgan fingerprint density at radius 1 is 1.32 bits per heavy atom. The van der Waals surface area contributed by atoms with Gasteiger partial charge in [-0.3, -0.25) is 4.79 Å². The van der Waals surface area contributed by atoms with Crippen molar-refractivity contribution in [2.24, 2.45) is 5.16 Å². The lowest BCUT2D eigenvalue weighted by Crippen LogP contribution is -2.24. The number of hydrogen-bond donors (Lipinski definition) is 1. The van der Waals surface area contributed by atoms with Gasteiger partial charge in [0.1, 0.15) is 18.5 Å². The van der Waals surface area contributed by atoms with Crippen LogP contribution in [-0.4, -0.2) is 36.4 Å². The standard InChI is InChI=1S/C15H15N3O4/c1-21-15(20)12-11(8-9-16-22-2)17-13(18-14(12)19)10-6-4-3-5-7-10/h3-7,9H,8H2,1-2H3,(H,17,18,19). The summed E-state index contributed by atoms with van der Waals surface area (Å²) in [6.07, 6.45) is 1.59. The molecule has 1 heterocycles. The molecule has 0 radical (unpaired) electrons. The highest BCUT2D eigenvalue weighted by molar-refractivity contribution is 5.91. The molecule has 0 amide bonds. The van der Waals surface area contributed by atoms with E-state index in [2.05, 4.69) is 24.7 Å². The van der Waals surface area contributed by atoms with Crippen molar-refractivity contribution in [3.05, 3.63) is 51.9 Å². The van der Waals surface area contributed by atoms with Gasteiger partial charge in [0, 0.05) is 18.2 Å². The predicted molar refractivity (Wildman–Crippen MR) is 80.8 cm³/mol. The zero-order valence-electron chi connectivity index (χ0n) is 12.2. The van der Waals surface area contributed by atoms with Crippen LogP contribution in [0.25, 0.3) is 11.4 Å². The molecule has 0 fully saturated rings. The average molecular weight is 301 g/mol. The molecular formula is C15H15N3O4. The lowest BCUT2D eigenvalue weighted by molar-refractivity contribution is 0.0597. The second-order valence-electron chi connectivity index (χ2n) is 4.27. The minimum absolute atomic E-state index is 0.135. The summed E-state index contributed by atoms with van der Waals surface area (Å²) in [4.78, 5) is 35.5. The van der Waals surface area contributed by atoms with Crippen molar-refractivity contribution in [2.45, 2.75) is 6.42 Å². The summed E-state index contributed by atoms with van der Waals surface area (Å²) < 4.78 is 4.63. The SMILES string of the molecule is CON=CCc1nc(-c2ccccc2)[nH]c(=O)c1C(=O)OC. The smallest absolute Gasteiger partial charge is 0.345 e. The van der Waals surface area contributed by atoms with Crippen molar-refractivity contribution >= 4 is 12.2 Å². The summed E-state index contributed by atoms with van der Waals surface area (Å²) in [6.45, 7) is 0. The fraction of sp³-hybridized carbons (Fsp3) is 0.200. The van der Waals surface area contributed by atoms with Crippen LogP contribution in [0.5, 0.6) is 0 Å². The molecule has 0 aliphatic heterocycles. The first-order valence-electron chi connectivity index (χ1n) is 6.49. The fourth-order valence-corrected chi connectivity index (χ4v) is 1.91. The molecule has 0 saturated carbocycles. The minimum Gasteiger partial charge on any atom is -0.465 e. The first-order valence-corrected chi connectivity index (χ1v) is 6.49. The lowest BCUT2D eigenvalue weighted by Gasteiger charge is -2.07. The molecule has 0 spiro atoms. The third-order valence-corrected chi connectivity index (χ3v) is 2.90.